The number of methoxy groups -OCH3 is 1. The van der Waals surface area contributed by atoms with E-state index in [2.05, 4.69) is 4.74 Å². The molecular weight excluding hydrogens is 375 g/mol. The van der Waals surface area contributed by atoms with Gasteiger partial charge in [0.15, 0.2) is 0 Å². The minimum absolute atomic E-state index is 0.0562. The van der Waals surface area contributed by atoms with Crippen LogP contribution in [0.2, 0.25) is 0 Å². The van der Waals surface area contributed by atoms with Crippen molar-refractivity contribution in [3.63, 3.8) is 0 Å². The van der Waals surface area contributed by atoms with Crippen molar-refractivity contribution in [2.45, 2.75) is 12.8 Å². The fourth-order valence-electron chi connectivity index (χ4n) is 2.55. The van der Waals surface area contributed by atoms with E-state index in [1.807, 2.05) is 30.3 Å². The molecule has 0 radical (unpaired) electrons. The van der Waals surface area contributed by atoms with Crippen LogP contribution < -0.4 is 0 Å². The van der Waals surface area contributed by atoms with Crippen LogP contribution in [0.25, 0.3) is 11.1 Å². The monoisotopic (exact) mass is 396 g/mol. The molecule has 0 saturated carbocycles. The quantitative estimate of drug-likeness (QED) is 0.616. The molecule has 0 aliphatic rings. The number of hydrogen-bond donors (Lipinski definition) is 2. The summed E-state index contributed by atoms with van der Waals surface area (Å²) in [5, 5.41) is 18.0. The Labute approximate surface area is 168 Å². The number of benzene rings is 3. The summed E-state index contributed by atoms with van der Waals surface area (Å²) in [5.41, 5.74) is 1.93. The number of carbonyl (C=O) groups is 2. The average molecular weight is 396 g/mol. The lowest BCUT2D eigenvalue weighted by Gasteiger charge is -2.09. The van der Waals surface area contributed by atoms with Crippen LogP contribution in [0.1, 0.15) is 28.8 Å². The smallest absolute Gasteiger partial charge is 0.341 e. The molecule has 0 bridgehead atoms. The van der Waals surface area contributed by atoms with Crippen LogP contribution in [-0.2, 0) is 9.53 Å². The van der Waals surface area contributed by atoms with Crippen LogP contribution >= 0.6 is 0 Å². The van der Waals surface area contributed by atoms with Crippen molar-refractivity contribution in [1.29, 1.82) is 0 Å². The number of hydrogen-bond acceptors (Lipinski definition) is 4. The van der Waals surface area contributed by atoms with E-state index in [-0.39, 0.29) is 11.3 Å². The zero-order valence-corrected chi connectivity index (χ0v) is 16.0. The second-order valence-corrected chi connectivity index (χ2v) is 6.17. The summed E-state index contributed by atoms with van der Waals surface area (Å²) < 4.78 is 18.4. The highest BCUT2D eigenvalue weighted by Gasteiger charge is 2.15. The van der Waals surface area contributed by atoms with Gasteiger partial charge >= 0.3 is 11.9 Å². The van der Waals surface area contributed by atoms with Gasteiger partial charge < -0.3 is 14.9 Å². The van der Waals surface area contributed by atoms with E-state index in [0.717, 1.165) is 5.56 Å². The Balaban J connectivity index is 0.000000234. The zero-order chi connectivity index (χ0) is 21.4. The lowest BCUT2D eigenvalue weighted by molar-refractivity contribution is -0.138. The molecule has 3 rings (SSSR count). The highest BCUT2D eigenvalue weighted by molar-refractivity contribution is 5.92. The summed E-state index contributed by atoms with van der Waals surface area (Å²) in [7, 11) is 1.27. The van der Waals surface area contributed by atoms with Crippen LogP contribution in [0.15, 0.2) is 72.8 Å². The molecule has 150 valence electrons. The maximum absolute atomic E-state index is 14.0. The van der Waals surface area contributed by atoms with Gasteiger partial charge in [0.2, 0.25) is 0 Å². The second kappa shape index (κ2) is 10.0. The van der Waals surface area contributed by atoms with Gasteiger partial charge in [-0.2, -0.15) is 0 Å². The van der Waals surface area contributed by atoms with E-state index < -0.39 is 23.7 Å². The summed E-state index contributed by atoms with van der Waals surface area (Å²) in [6.07, 6.45) is 0. The van der Waals surface area contributed by atoms with E-state index in [1.165, 1.54) is 25.3 Å². The summed E-state index contributed by atoms with van der Waals surface area (Å²) in [5.74, 6) is -2.64. The number of phenolic OH excluding ortho intramolecular Hbond substituents is 1. The normalized spacial score (nSPS) is 11.0. The van der Waals surface area contributed by atoms with Crippen molar-refractivity contribution >= 4 is 11.9 Å². The van der Waals surface area contributed by atoms with E-state index in [9.17, 15) is 14.0 Å². The number of carbonyl (C=O) groups excluding carboxylic acids is 1. The molecule has 5 nitrogen and oxygen atoms in total. The molecule has 0 amide bonds. The van der Waals surface area contributed by atoms with E-state index in [1.54, 1.807) is 31.2 Å². The van der Waals surface area contributed by atoms with Crippen LogP contribution in [0, 0.1) is 5.82 Å². The SMILES string of the molecule is CC(C(=O)O)c1ccc(-c2ccccc2)c(F)c1.COC(=O)c1ccccc1O. The highest BCUT2D eigenvalue weighted by Crippen LogP contribution is 2.26. The number of rotatable bonds is 4. The van der Waals surface area contributed by atoms with Crippen molar-refractivity contribution in [3.05, 3.63) is 89.7 Å². The Hall–Kier alpha value is -3.67. The summed E-state index contributed by atoms with van der Waals surface area (Å²) >= 11 is 0. The van der Waals surface area contributed by atoms with E-state index in [4.69, 9.17) is 10.2 Å². The zero-order valence-electron chi connectivity index (χ0n) is 16.0. The second-order valence-electron chi connectivity index (χ2n) is 6.17. The van der Waals surface area contributed by atoms with Crippen molar-refractivity contribution in [1.82, 2.24) is 0 Å². The number of aromatic hydroxyl groups is 1. The first-order chi connectivity index (χ1) is 13.8. The number of carboxylic acid groups (broad SMARTS) is 1. The van der Waals surface area contributed by atoms with Gasteiger partial charge in [0.05, 0.1) is 13.0 Å². The first kappa shape index (κ1) is 21.6. The first-order valence-electron chi connectivity index (χ1n) is 8.79. The number of esters is 1. The third-order valence-corrected chi connectivity index (χ3v) is 4.26. The lowest BCUT2D eigenvalue weighted by atomic mass is 9.97. The summed E-state index contributed by atoms with van der Waals surface area (Å²) in [4.78, 5) is 21.7. The number of halogens is 1. The van der Waals surface area contributed by atoms with Gasteiger partial charge in [-0.15, -0.1) is 0 Å². The van der Waals surface area contributed by atoms with Gasteiger partial charge in [-0.3, -0.25) is 4.79 Å². The minimum Gasteiger partial charge on any atom is -0.507 e. The Morgan fingerprint density at radius 1 is 0.966 bits per heavy atom. The molecule has 3 aromatic carbocycles. The summed E-state index contributed by atoms with van der Waals surface area (Å²) in [6, 6.07) is 20.0. The maximum atomic E-state index is 14.0. The number of phenols is 1. The highest BCUT2D eigenvalue weighted by atomic mass is 19.1. The average Bonchev–Trinajstić information content (AvgIpc) is 2.74. The lowest BCUT2D eigenvalue weighted by Crippen LogP contribution is -2.07. The fraction of sp³-hybridized carbons (Fsp3) is 0.130. The molecule has 2 N–H and O–H groups in total. The Kier molecular flexibility index (Phi) is 7.48. The van der Waals surface area contributed by atoms with Crippen molar-refractivity contribution < 1.29 is 28.9 Å². The van der Waals surface area contributed by atoms with Gasteiger partial charge in [-0.25, -0.2) is 9.18 Å². The maximum Gasteiger partial charge on any atom is 0.341 e. The summed E-state index contributed by atoms with van der Waals surface area (Å²) in [6.45, 7) is 1.54. The molecule has 0 heterocycles. The molecule has 0 fully saturated rings. The van der Waals surface area contributed by atoms with E-state index in [0.29, 0.717) is 11.1 Å². The predicted octanol–water partition coefficient (Wildman–Crippen LogP) is 4.86. The Bertz CT molecular complexity index is 986. The van der Waals surface area contributed by atoms with Gasteiger partial charge in [0, 0.05) is 5.56 Å². The van der Waals surface area contributed by atoms with Crippen LogP contribution in [0.3, 0.4) is 0 Å². The standard InChI is InChI=1S/C15H13FO2.C8H8O3/c1-10(15(17)18)12-7-8-13(14(16)9-12)11-5-3-2-4-6-11;1-11-8(10)6-4-2-3-5-7(6)9/h2-10H,1H3,(H,17,18);2-5,9H,1H3. The molecule has 0 aliphatic carbocycles. The van der Waals surface area contributed by atoms with Crippen molar-refractivity contribution in [2.75, 3.05) is 7.11 Å². The predicted molar refractivity (Wildman–Crippen MR) is 107 cm³/mol. The Morgan fingerprint density at radius 2 is 1.59 bits per heavy atom. The Morgan fingerprint density at radius 3 is 2.14 bits per heavy atom. The molecule has 1 unspecified atom stereocenters. The van der Waals surface area contributed by atoms with Gasteiger partial charge in [0.25, 0.3) is 0 Å². The van der Waals surface area contributed by atoms with Crippen molar-refractivity contribution in [2.24, 2.45) is 0 Å². The van der Waals surface area contributed by atoms with Crippen LogP contribution in [0.5, 0.6) is 5.75 Å². The largest absolute Gasteiger partial charge is 0.507 e. The van der Waals surface area contributed by atoms with Crippen molar-refractivity contribution in [3.8, 4) is 16.9 Å². The molecule has 6 heteroatoms. The molecule has 1 atom stereocenters. The molecule has 0 aromatic heterocycles. The first-order valence-corrected chi connectivity index (χ1v) is 8.79. The fourth-order valence-corrected chi connectivity index (χ4v) is 2.55. The number of ether oxygens (including phenoxy) is 1. The topological polar surface area (TPSA) is 83.8 Å². The number of carboxylic acids is 1. The van der Waals surface area contributed by atoms with Gasteiger partial charge in [-0.05, 0) is 36.2 Å². The molecule has 3 aromatic rings. The molecule has 29 heavy (non-hydrogen) atoms. The van der Waals surface area contributed by atoms with Gasteiger partial charge in [-0.1, -0.05) is 54.6 Å². The number of para-hydroxylation sites is 1. The molecule has 0 spiro atoms. The molecule has 0 saturated heterocycles. The van der Waals surface area contributed by atoms with Gasteiger partial charge in [0.1, 0.15) is 17.1 Å². The van der Waals surface area contributed by atoms with Crippen LogP contribution in [-0.4, -0.2) is 29.3 Å². The molecular formula is C23H21FO5. The molecule has 0 aliphatic heterocycles. The number of aliphatic carboxylic acids is 1. The van der Waals surface area contributed by atoms with E-state index >= 15 is 0 Å². The van der Waals surface area contributed by atoms with Crippen LogP contribution in [0.4, 0.5) is 4.39 Å². The third kappa shape index (κ3) is 5.65. The minimum atomic E-state index is -0.957. The third-order valence-electron chi connectivity index (χ3n) is 4.26.